The second kappa shape index (κ2) is 8.76. The van der Waals surface area contributed by atoms with Crippen molar-refractivity contribution < 1.29 is 9.53 Å². The molecule has 6 heteroatoms. The number of hydrogen-bond donors (Lipinski definition) is 0. The highest BCUT2D eigenvalue weighted by Gasteiger charge is 2.21. The number of aryl methyl sites for hydroxylation is 1. The molecule has 0 unspecified atom stereocenters. The quantitative estimate of drug-likeness (QED) is 0.769. The fourth-order valence-corrected chi connectivity index (χ4v) is 3.19. The lowest BCUT2D eigenvalue weighted by molar-refractivity contribution is -0.135. The smallest absolute Gasteiger partial charge is 0.260 e. The van der Waals surface area contributed by atoms with E-state index in [9.17, 15) is 4.79 Å². The van der Waals surface area contributed by atoms with Gasteiger partial charge in [0.2, 0.25) is 0 Å². The molecule has 0 aliphatic carbocycles. The highest BCUT2D eigenvalue weighted by molar-refractivity contribution is 6.31. The van der Waals surface area contributed by atoms with Gasteiger partial charge in [0.05, 0.1) is 0 Å². The van der Waals surface area contributed by atoms with Gasteiger partial charge in [-0.3, -0.25) is 9.69 Å². The summed E-state index contributed by atoms with van der Waals surface area (Å²) in [5.74, 6) is 0.686. The number of ether oxygens (including phenoxy) is 1. The molecule has 3 rings (SSSR count). The number of piperazine rings is 1. The van der Waals surface area contributed by atoms with Crippen molar-refractivity contribution in [1.82, 2.24) is 9.80 Å². The van der Waals surface area contributed by atoms with Crippen LogP contribution in [0.2, 0.25) is 10.0 Å². The average Bonchev–Trinajstić information content (AvgIpc) is 2.65. The Bertz CT molecular complexity index is 757. The first-order chi connectivity index (χ1) is 12.5. The minimum absolute atomic E-state index is 0.0174. The summed E-state index contributed by atoms with van der Waals surface area (Å²) < 4.78 is 5.61. The van der Waals surface area contributed by atoms with Gasteiger partial charge in [-0.15, -0.1) is 0 Å². The lowest BCUT2D eigenvalue weighted by Crippen LogP contribution is -2.49. The van der Waals surface area contributed by atoms with E-state index in [1.54, 1.807) is 12.1 Å². The number of hydrogen-bond acceptors (Lipinski definition) is 3. The Labute approximate surface area is 164 Å². The number of halogens is 2. The van der Waals surface area contributed by atoms with Crippen LogP contribution in [-0.4, -0.2) is 48.5 Å². The number of nitrogens with zero attached hydrogens (tertiary/aromatic N) is 2. The Balaban J connectivity index is 1.44. The van der Waals surface area contributed by atoms with Gasteiger partial charge in [0, 0.05) is 42.8 Å². The van der Waals surface area contributed by atoms with Crippen LogP contribution in [0.25, 0.3) is 0 Å². The third kappa shape index (κ3) is 5.13. The Hall–Kier alpha value is -1.75. The van der Waals surface area contributed by atoms with Gasteiger partial charge in [-0.05, 0) is 48.4 Å². The molecule has 0 bridgehead atoms. The minimum Gasteiger partial charge on any atom is -0.484 e. The largest absolute Gasteiger partial charge is 0.484 e. The van der Waals surface area contributed by atoms with Crippen LogP contribution in [0.4, 0.5) is 0 Å². The first-order valence-electron chi connectivity index (χ1n) is 8.65. The monoisotopic (exact) mass is 392 g/mol. The van der Waals surface area contributed by atoms with Crippen molar-refractivity contribution in [3.8, 4) is 5.75 Å². The zero-order valence-corrected chi connectivity index (χ0v) is 16.3. The normalized spacial score (nSPS) is 15.1. The topological polar surface area (TPSA) is 32.8 Å². The first kappa shape index (κ1) is 19.0. The SMILES string of the molecule is Cc1cc(OCC(=O)N2CCN(Cc3ccc(Cl)cc3)CC2)ccc1Cl. The molecule has 0 aromatic heterocycles. The van der Waals surface area contributed by atoms with E-state index in [0.29, 0.717) is 10.8 Å². The molecule has 138 valence electrons. The number of benzene rings is 2. The van der Waals surface area contributed by atoms with E-state index >= 15 is 0 Å². The molecule has 0 saturated carbocycles. The van der Waals surface area contributed by atoms with Gasteiger partial charge in [-0.2, -0.15) is 0 Å². The van der Waals surface area contributed by atoms with Crippen LogP contribution in [0.1, 0.15) is 11.1 Å². The van der Waals surface area contributed by atoms with Gasteiger partial charge in [0.15, 0.2) is 6.61 Å². The highest BCUT2D eigenvalue weighted by Crippen LogP contribution is 2.21. The molecular weight excluding hydrogens is 371 g/mol. The fraction of sp³-hybridized carbons (Fsp3) is 0.350. The summed E-state index contributed by atoms with van der Waals surface area (Å²) in [5.41, 5.74) is 2.17. The van der Waals surface area contributed by atoms with E-state index in [4.69, 9.17) is 27.9 Å². The maximum absolute atomic E-state index is 12.4. The van der Waals surface area contributed by atoms with Gasteiger partial charge in [0.1, 0.15) is 5.75 Å². The van der Waals surface area contributed by atoms with Crippen LogP contribution < -0.4 is 4.74 Å². The maximum atomic E-state index is 12.4. The molecular formula is C20H22Cl2N2O2. The van der Waals surface area contributed by atoms with Gasteiger partial charge < -0.3 is 9.64 Å². The molecule has 0 radical (unpaired) electrons. The number of carbonyl (C=O) groups excluding carboxylic acids is 1. The van der Waals surface area contributed by atoms with E-state index in [0.717, 1.165) is 43.3 Å². The van der Waals surface area contributed by atoms with Crippen molar-refractivity contribution in [2.24, 2.45) is 0 Å². The third-order valence-corrected chi connectivity index (χ3v) is 5.21. The number of amides is 1. The minimum atomic E-state index is 0.0174. The van der Waals surface area contributed by atoms with Crippen LogP contribution in [0.3, 0.4) is 0 Å². The number of rotatable bonds is 5. The van der Waals surface area contributed by atoms with Crippen molar-refractivity contribution in [2.75, 3.05) is 32.8 Å². The van der Waals surface area contributed by atoms with Crippen molar-refractivity contribution in [3.05, 3.63) is 63.6 Å². The van der Waals surface area contributed by atoms with E-state index in [1.807, 2.05) is 42.2 Å². The van der Waals surface area contributed by atoms with Gasteiger partial charge in [-0.25, -0.2) is 0 Å². The van der Waals surface area contributed by atoms with Crippen LogP contribution in [0.5, 0.6) is 5.75 Å². The first-order valence-corrected chi connectivity index (χ1v) is 9.40. The predicted molar refractivity (Wildman–Crippen MR) is 105 cm³/mol. The molecule has 1 amide bonds. The van der Waals surface area contributed by atoms with E-state index in [2.05, 4.69) is 4.90 Å². The van der Waals surface area contributed by atoms with Crippen LogP contribution in [0.15, 0.2) is 42.5 Å². The Morgan fingerprint density at radius 3 is 2.38 bits per heavy atom. The second-order valence-corrected chi connectivity index (χ2v) is 7.33. The van der Waals surface area contributed by atoms with Crippen LogP contribution in [-0.2, 0) is 11.3 Å². The van der Waals surface area contributed by atoms with Crippen molar-refractivity contribution in [3.63, 3.8) is 0 Å². The molecule has 0 N–H and O–H groups in total. The Morgan fingerprint density at radius 2 is 1.73 bits per heavy atom. The standard InChI is InChI=1S/C20H22Cl2N2O2/c1-15-12-18(6-7-19(15)22)26-14-20(25)24-10-8-23(9-11-24)13-16-2-4-17(21)5-3-16/h2-7,12H,8-11,13-14H2,1H3. The number of carbonyl (C=O) groups is 1. The molecule has 1 aliphatic heterocycles. The average molecular weight is 393 g/mol. The molecule has 1 aliphatic rings. The zero-order valence-electron chi connectivity index (χ0n) is 14.8. The summed E-state index contributed by atoms with van der Waals surface area (Å²) in [6.45, 7) is 5.99. The molecule has 1 fully saturated rings. The van der Waals surface area contributed by atoms with Crippen molar-refractivity contribution in [2.45, 2.75) is 13.5 Å². The third-order valence-electron chi connectivity index (χ3n) is 4.54. The Kier molecular flexibility index (Phi) is 6.41. The zero-order chi connectivity index (χ0) is 18.5. The lowest BCUT2D eigenvalue weighted by atomic mass is 10.2. The fourth-order valence-electron chi connectivity index (χ4n) is 2.95. The van der Waals surface area contributed by atoms with Gasteiger partial charge >= 0.3 is 0 Å². The van der Waals surface area contributed by atoms with E-state index in [1.165, 1.54) is 5.56 Å². The summed E-state index contributed by atoms with van der Waals surface area (Å²) in [6, 6.07) is 13.3. The Morgan fingerprint density at radius 1 is 1.04 bits per heavy atom. The van der Waals surface area contributed by atoms with Gasteiger partial charge in [-0.1, -0.05) is 35.3 Å². The molecule has 2 aromatic rings. The molecule has 2 aromatic carbocycles. The van der Waals surface area contributed by atoms with Crippen LogP contribution in [0, 0.1) is 6.92 Å². The summed E-state index contributed by atoms with van der Waals surface area (Å²) in [6.07, 6.45) is 0. The van der Waals surface area contributed by atoms with E-state index < -0.39 is 0 Å². The van der Waals surface area contributed by atoms with Crippen LogP contribution >= 0.6 is 23.2 Å². The van der Waals surface area contributed by atoms with Crippen molar-refractivity contribution >= 4 is 29.1 Å². The molecule has 4 nitrogen and oxygen atoms in total. The molecule has 0 atom stereocenters. The molecule has 1 saturated heterocycles. The maximum Gasteiger partial charge on any atom is 0.260 e. The van der Waals surface area contributed by atoms with Crippen molar-refractivity contribution in [1.29, 1.82) is 0 Å². The van der Waals surface area contributed by atoms with Gasteiger partial charge in [0.25, 0.3) is 5.91 Å². The summed E-state index contributed by atoms with van der Waals surface area (Å²) >= 11 is 11.9. The predicted octanol–water partition coefficient (Wildman–Crippen LogP) is 4.03. The highest BCUT2D eigenvalue weighted by atomic mass is 35.5. The van der Waals surface area contributed by atoms with E-state index in [-0.39, 0.29) is 12.5 Å². The molecule has 1 heterocycles. The summed E-state index contributed by atoms with van der Waals surface area (Å²) in [7, 11) is 0. The molecule has 0 spiro atoms. The molecule has 26 heavy (non-hydrogen) atoms. The summed E-state index contributed by atoms with van der Waals surface area (Å²) in [4.78, 5) is 16.6. The summed E-state index contributed by atoms with van der Waals surface area (Å²) in [5, 5.41) is 1.44. The second-order valence-electron chi connectivity index (χ2n) is 6.48. The lowest BCUT2D eigenvalue weighted by Gasteiger charge is -2.34.